The number of aromatic nitrogens is 2. The number of fused-ring (bicyclic) bond motifs is 1. The third kappa shape index (κ3) is 1.72. The highest BCUT2D eigenvalue weighted by atomic mass is 19.1. The SMILES string of the molecule is COc1ccn2cc(-c3ccccc3F)nc2c1. The minimum atomic E-state index is -0.270. The monoisotopic (exact) mass is 242 g/mol. The Labute approximate surface area is 103 Å². The fourth-order valence-corrected chi connectivity index (χ4v) is 1.89. The molecule has 3 nitrogen and oxygen atoms in total. The van der Waals surface area contributed by atoms with Gasteiger partial charge in [0.1, 0.15) is 17.2 Å². The number of imidazole rings is 1. The second kappa shape index (κ2) is 4.14. The maximum atomic E-state index is 13.7. The van der Waals surface area contributed by atoms with Gasteiger partial charge < -0.3 is 9.14 Å². The summed E-state index contributed by atoms with van der Waals surface area (Å²) in [5.74, 6) is 0.459. The van der Waals surface area contributed by atoms with Crippen LogP contribution in [0.4, 0.5) is 4.39 Å². The number of hydrogen-bond acceptors (Lipinski definition) is 2. The molecule has 0 fully saturated rings. The van der Waals surface area contributed by atoms with E-state index in [0.29, 0.717) is 11.3 Å². The van der Waals surface area contributed by atoms with Gasteiger partial charge in [0.05, 0.1) is 12.8 Å². The zero-order valence-corrected chi connectivity index (χ0v) is 9.80. The normalized spacial score (nSPS) is 10.8. The third-order valence-corrected chi connectivity index (χ3v) is 2.82. The molecule has 0 aliphatic rings. The number of pyridine rings is 1. The highest BCUT2D eigenvalue weighted by Crippen LogP contribution is 2.23. The molecule has 0 bridgehead atoms. The van der Waals surface area contributed by atoms with Gasteiger partial charge in [-0.3, -0.25) is 0 Å². The summed E-state index contributed by atoms with van der Waals surface area (Å²) in [6, 6.07) is 10.2. The van der Waals surface area contributed by atoms with Crippen molar-refractivity contribution in [1.82, 2.24) is 9.38 Å². The van der Waals surface area contributed by atoms with E-state index in [1.165, 1.54) is 6.07 Å². The number of hydrogen-bond donors (Lipinski definition) is 0. The van der Waals surface area contributed by atoms with Crippen molar-refractivity contribution < 1.29 is 9.13 Å². The van der Waals surface area contributed by atoms with Gasteiger partial charge in [0, 0.05) is 24.0 Å². The highest BCUT2D eigenvalue weighted by molar-refractivity contribution is 5.63. The predicted molar refractivity (Wildman–Crippen MR) is 67.1 cm³/mol. The zero-order chi connectivity index (χ0) is 12.5. The number of benzene rings is 1. The van der Waals surface area contributed by atoms with E-state index in [-0.39, 0.29) is 5.82 Å². The average Bonchev–Trinajstić information content (AvgIpc) is 2.81. The summed E-state index contributed by atoms with van der Waals surface area (Å²) in [5, 5.41) is 0. The van der Waals surface area contributed by atoms with Gasteiger partial charge in [-0.15, -0.1) is 0 Å². The molecule has 3 rings (SSSR count). The van der Waals surface area contributed by atoms with Crippen LogP contribution in [0.3, 0.4) is 0 Å². The first kappa shape index (κ1) is 10.8. The van der Waals surface area contributed by atoms with E-state index in [1.54, 1.807) is 31.5 Å². The molecule has 2 heterocycles. The van der Waals surface area contributed by atoms with Crippen molar-refractivity contribution in [3.8, 4) is 17.0 Å². The molecule has 0 saturated carbocycles. The van der Waals surface area contributed by atoms with E-state index < -0.39 is 0 Å². The molecule has 2 aromatic heterocycles. The lowest BCUT2D eigenvalue weighted by molar-refractivity contribution is 0.414. The predicted octanol–water partition coefficient (Wildman–Crippen LogP) is 3.15. The van der Waals surface area contributed by atoms with Crippen molar-refractivity contribution in [2.24, 2.45) is 0 Å². The number of nitrogens with zero attached hydrogens (tertiary/aromatic N) is 2. The largest absolute Gasteiger partial charge is 0.497 e. The lowest BCUT2D eigenvalue weighted by Gasteiger charge is -1.98. The fraction of sp³-hybridized carbons (Fsp3) is 0.0714. The molecule has 0 aliphatic carbocycles. The van der Waals surface area contributed by atoms with Crippen LogP contribution in [-0.4, -0.2) is 16.5 Å². The lowest BCUT2D eigenvalue weighted by atomic mass is 10.1. The highest BCUT2D eigenvalue weighted by Gasteiger charge is 2.08. The van der Waals surface area contributed by atoms with Crippen LogP contribution >= 0.6 is 0 Å². The number of halogens is 1. The summed E-state index contributed by atoms with van der Waals surface area (Å²) in [7, 11) is 1.60. The molecule has 0 aliphatic heterocycles. The first-order chi connectivity index (χ1) is 8.78. The first-order valence-electron chi connectivity index (χ1n) is 5.55. The van der Waals surface area contributed by atoms with Gasteiger partial charge in [-0.2, -0.15) is 0 Å². The Bertz CT molecular complexity index is 706. The Hall–Kier alpha value is -2.36. The molecular weight excluding hydrogens is 231 g/mol. The van der Waals surface area contributed by atoms with E-state index >= 15 is 0 Å². The molecule has 0 saturated heterocycles. The molecule has 0 unspecified atom stereocenters. The Morgan fingerprint density at radius 1 is 1.22 bits per heavy atom. The van der Waals surface area contributed by atoms with Crippen molar-refractivity contribution in [3.63, 3.8) is 0 Å². The van der Waals surface area contributed by atoms with Gasteiger partial charge in [0.2, 0.25) is 0 Å². The van der Waals surface area contributed by atoms with Crippen LogP contribution in [-0.2, 0) is 0 Å². The lowest BCUT2D eigenvalue weighted by Crippen LogP contribution is -1.86. The maximum Gasteiger partial charge on any atom is 0.141 e. The molecule has 0 N–H and O–H groups in total. The minimum Gasteiger partial charge on any atom is -0.497 e. The van der Waals surface area contributed by atoms with E-state index in [4.69, 9.17) is 4.74 Å². The summed E-state index contributed by atoms with van der Waals surface area (Å²) in [6.07, 6.45) is 3.64. The molecule has 0 atom stereocenters. The standard InChI is InChI=1S/C14H11FN2O/c1-18-10-6-7-17-9-13(16-14(17)8-10)11-4-2-3-5-12(11)15/h2-9H,1H3. The number of rotatable bonds is 2. The van der Waals surface area contributed by atoms with Crippen LogP contribution in [0, 0.1) is 5.82 Å². The summed E-state index contributed by atoms with van der Waals surface area (Å²) >= 11 is 0. The van der Waals surface area contributed by atoms with Gasteiger partial charge in [-0.25, -0.2) is 9.37 Å². The minimum absolute atomic E-state index is 0.270. The third-order valence-electron chi connectivity index (χ3n) is 2.82. The van der Waals surface area contributed by atoms with E-state index in [9.17, 15) is 4.39 Å². The van der Waals surface area contributed by atoms with Crippen LogP contribution in [0.15, 0.2) is 48.8 Å². The molecule has 3 aromatic rings. The zero-order valence-electron chi connectivity index (χ0n) is 9.80. The van der Waals surface area contributed by atoms with Crippen molar-refractivity contribution in [2.75, 3.05) is 7.11 Å². The van der Waals surface area contributed by atoms with E-state index in [2.05, 4.69) is 4.98 Å². The summed E-state index contributed by atoms with van der Waals surface area (Å²) in [4.78, 5) is 4.40. The van der Waals surface area contributed by atoms with Crippen LogP contribution in [0.25, 0.3) is 16.9 Å². The van der Waals surface area contributed by atoms with E-state index in [0.717, 1.165) is 11.4 Å². The van der Waals surface area contributed by atoms with Gasteiger partial charge in [-0.1, -0.05) is 12.1 Å². The Kier molecular flexibility index (Phi) is 2.48. The van der Waals surface area contributed by atoms with E-state index in [1.807, 2.05) is 22.7 Å². The summed E-state index contributed by atoms with van der Waals surface area (Å²) in [6.45, 7) is 0. The van der Waals surface area contributed by atoms with Crippen molar-refractivity contribution in [2.45, 2.75) is 0 Å². The molecule has 0 radical (unpaired) electrons. The fourth-order valence-electron chi connectivity index (χ4n) is 1.89. The Balaban J connectivity index is 2.17. The van der Waals surface area contributed by atoms with Crippen molar-refractivity contribution in [1.29, 1.82) is 0 Å². The van der Waals surface area contributed by atoms with Gasteiger partial charge in [0.25, 0.3) is 0 Å². The quantitative estimate of drug-likeness (QED) is 0.690. The van der Waals surface area contributed by atoms with Gasteiger partial charge in [0.15, 0.2) is 0 Å². The smallest absolute Gasteiger partial charge is 0.141 e. The maximum absolute atomic E-state index is 13.7. The molecule has 1 aromatic carbocycles. The van der Waals surface area contributed by atoms with Crippen LogP contribution in [0.1, 0.15) is 0 Å². The number of methoxy groups -OCH3 is 1. The second-order valence-corrected chi connectivity index (χ2v) is 3.94. The molecular formula is C14H11FN2O. The first-order valence-corrected chi connectivity index (χ1v) is 5.55. The molecule has 0 spiro atoms. The summed E-state index contributed by atoms with van der Waals surface area (Å²) < 4.78 is 20.6. The van der Waals surface area contributed by atoms with Crippen molar-refractivity contribution in [3.05, 3.63) is 54.6 Å². The topological polar surface area (TPSA) is 26.5 Å². The van der Waals surface area contributed by atoms with Crippen LogP contribution < -0.4 is 4.74 Å². The number of ether oxygens (including phenoxy) is 1. The average molecular weight is 242 g/mol. The van der Waals surface area contributed by atoms with Crippen LogP contribution in [0.5, 0.6) is 5.75 Å². The molecule has 90 valence electrons. The molecule has 0 amide bonds. The Morgan fingerprint density at radius 2 is 2.06 bits per heavy atom. The molecule has 18 heavy (non-hydrogen) atoms. The molecule has 4 heteroatoms. The summed E-state index contributed by atoms with van der Waals surface area (Å²) in [5.41, 5.74) is 1.84. The van der Waals surface area contributed by atoms with Gasteiger partial charge >= 0.3 is 0 Å². The second-order valence-electron chi connectivity index (χ2n) is 3.94. The Morgan fingerprint density at radius 3 is 2.83 bits per heavy atom. The van der Waals surface area contributed by atoms with Gasteiger partial charge in [-0.05, 0) is 18.2 Å². The van der Waals surface area contributed by atoms with Crippen molar-refractivity contribution >= 4 is 5.65 Å². The van der Waals surface area contributed by atoms with Crippen LogP contribution in [0.2, 0.25) is 0 Å².